The second-order valence-corrected chi connectivity index (χ2v) is 6.61. The van der Waals surface area contributed by atoms with Crippen molar-refractivity contribution in [1.82, 2.24) is 10.6 Å². The van der Waals surface area contributed by atoms with Gasteiger partial charge in [-0.3, -0.25) is 4.99 Å². The minimum atomic E-state index is 0. The molecule has 142 valence electrons. The second-order valence-electron chi connectivity index (χ2n) is 6.61. The smallest absolute Gasteiger partial charge is 0.191 e. The molecule has 0 atom stereocenters. The van der Waals surface area contributed by atoms with Gasteiger partial charge in [0.05, 0.1) is 0 Å². The molecule has 6 heteroatoms. The van der Waals surface area contributed by atoms with Crippen LogP contribution in [0, 0.1) is 13.8 Å². The molecule has 0 saturated carbocycles. The molecule has 26 heavy (non-hydrogen) atoms. The van der Waals surface area contributed by atoms with Gasteiger partial charge in [0.2, 0.25) is 0 Å². The molecule has 2 N–H and O–H groups in total. The maximum Gasteiger partial charge on any atom is 0.191 e. The maximum atomic E-state index is 5.58. The van der Waals surface area contributed by atoms with Crippen LogP contribution in [0.4, 0.5) is 5.69 Å². The number of halogens is 1. The van der Waals surface area contributed by atoms with Crippen molar-refractivity contribution < 1.29 is 4.42 Å². The van der Waals surface area contributed by atoms with Crippen LogP contribution in [-0.4, -0.2) is 32.1 Å². The van der Waals surface area contributed by atoms with Crippen molar-refractivity contribution in [1.29, 1.82) is 0 Å². The second kappa shape index (κ2) is 9.85. The fraction of sp³-hybridized carbons (Fsp3) is 0.450. The predicted octanol–water partition coefficient (Wildman–Crippen LogP) is 3.85. The highest BCUT2D eigenvalue weighted by molar-refractivity contribution is 14.0. The maximum absolute atomic E-state index is 5.58. The van der Waals surface area contributed by atoms with Gasteiger partial charge in [-0.05, 0) is 44.9 Å². The highest BCUT2D eigenvalue weighted by Crippen LogP contribution is 2.19. The monoisotopic (exact) mass is 468 g/mol. The lowest BCUT2D eigenvalue weighted by Crippen LogP contribution is -2.48. The Hall–Kier alpha value is -1.70. The van der Waals surface area contributed by atoms with E-state index in [1.54, 1.807) is 0 Å². The number of nitrogens with one attached hydrogen (secondary N) is 2. The fourth-order valence-electron chi connectivity index (χ4n) is 3.35. The molecule has 0 spiro atoms. The van der Waals surface area contributed by atoms with Gasteiger partial charge in [-0.2, -0.15) is 0 Å². The van der Waals surface area contributed by atoms with Crippen LogP contribution in [0.2, 0.25) is 0 Å². The predicted molar refractivity (Wildman–Crippen MR) is 119 cm³/mol. The Balaban J connectivity index is 0.00000243. The zero-order chi connectivity index (χ0) is 17.6. The molecule has 0 aliphatic carbocycles. The van der Waals surface area contributed by atoms with Crippen LogP contribution in [0.3, 0.4) is 0 Å². The van der Waals surface area contributed by atoms with Gasteiger partial charge in [-0.25, -0.2) is 0 Å². The summed E-state index contributed by atoms with van der Waals surface area (Å²) >= 11 is 0. The van der Waals surface area contributed by atoms with Crippen LogP contribution in [0.25, 0.3) is 0 Å². The van der Waals surface area contributed by atoms with E-state index in [1.807, 2.05) is 20.9 Å². The van der Waals surface area contributed by atoms with E-state index >= 15 is 0 Å². The summed E-state index contributed by atoms with van der Waals surface area (Å²) in [6.45, 7) is 6.84. The third-order valence-corrected chi connectivity index (χ3v) is 4.77. The van der Waals surface area contributed by atoms with Gasteiger partial charge in [-0.15, -0.1) is 24.0 Å². The van der Waals surface area contributed by atoms with Gasteiger partial charge in [-0.1, -0.05) is 18.2 Å². The van der Waals surface area contributed by atoms with Crippen LogP contribution in [0.15, 0.2) is 45.8 Å². The van der Waals surface area contributed by atoms with Gasteiger partial charge in [0.1, 0.15) is 11.5 Å². The molecule has 1 aliphatic rings. The number of nitrogens with zero attached hydrogens (tertiary/aromatic N) is 2. The Morgan fingerprint density at radius 1 is 1.19 bits per heavy atom. The number of anilines is 1. The van der Waals surface area contributed by atoms with E-state index in [9.17, 15) is 0 Å². The zero-order valence-electron chi connectivity index (χ0n) is 15.8. The molecule has 1 aliphatic heterocycles. The van der Waals surface area contributed by atoms with E-state index in [-0.39, 0.29) is 24.0 Å². The number of aryl methyl sites for hydroxylation is 2. The lowest BCUT2D eigenvalue weighted by molar-refractivity contribution is 0.461. The summed E-state index contributed by atoms with van der Waals surface area (Å²) in [4.78, 5) is 6.81. The van der Waals surface area contributed by atoms with Crippen molar-refractivity contribution >= 4 is 35.6 Å². The van der Waals surface area contributed by atoms with Crippen LogP contribution in [-0.2, 0) is 6.54 Å². The number of aliphatic imine (C=N–C) groups is 1. The van der Waals surface area contributed by atoms with Gasteiger partial charge in [0, 0.05) is 44.0 Å². The first-order chi connectivity index (χ1) is 12.2. The van der Waals surface area contributed by atoms with Crippen LogP contribution < -0.4 is 15.5 Å². The first-order valence-electron chi connectivity index (χ1n) is 8.99. The van der Waals surface area contributed by atoms with Gasteiger partial charge in [0.25, 0.3) is 0 Å². The summed E-state index contributed by atoms with van der Waals surface area (Å²) in [6.07, 6.45) is 2.22. The Bertz CT molecular complexity index is 706. The molecule has 1 saturated heterocycles. The zero-order valence-corrected chi connectivity index (χ0v) is 18.1. The fourth-order valence-corrected chi connectivity index (χ4v) is 3.35. The van der Waals surface area contributed by atoms with Crippen molar-refractivity contribution in [3.8, 4) is 0 Å². The molecule has 0 amide bonds. The minimum Gasteiger partial charge on any atom is -0.466 e. The van der Waals surface area contributed by atoms with Crippen molar-refractivity contribution in [2.45, 2.75) is 39.3 Å². The molecule has 3 rings (SSSR count). The average molecular weight is 468 g/mol. The molecular formula is C20H29IN4O. The summed E-state index contributed by atoms with van der Waals surface area (Å²) < 4.78 is 5.58. The van der Waals surface area contributed by atoms with E-state index in [1.165, 1.54) is 11.3 Å². The van der Waals surface area contributed by atoms with E-state index in [0.29, 0.717) is 6.04 Å². The number of furan rings is 1. The molecule has 0 radical (unpaired) electrons. The van der Waals surface area contributed by atoms with Crippen LogP contribution in [0.5, 0.6) is 0 Å². The Labute approximate surface area is 173 Å². The van der Waals surface area contributed by atoms with Crippen LogP contribution in [0.1, 0.15) is 29.9 Å². The van der Waals surface area contributed by atoms with Crippen LogP contribution >= 0.6 is 24.0 Å². The normalized spacial score (nSPS) is 15.5. The van der Waals surface area contributed by atoms with E-state index in [4.69, 9.17) is 4.42 Å². The molecule has 5 nitrogen and oxygen atoms in total. The third-order valence-electron chi connectivity index (χ3n) is 4.77. The van der Waals surface area contributed by atoms with E-state index in [0.717, 1.165) is 50.0 Å². The lowest BCUT2D eigenvalue weighted by Gasteiger charge is -2.34. The molecule has 0 unspecified atom stereocenters. The Morgan fingerprint density at radius 3 is 2.46 bits per heavy atom. The standard InChI is InChI=1S/C20H28N4O.HI/c1-15-13-17(16(2)25-15)14-22-20(21-3)23-18-9-11-24(12-10-18)19-7-5-4-6-8-19;/h4-8,13,18H,9-12,14H2,1-3H3,(H2,21,22,23);1H. The molecule has 0 bridgehead atoms. The number of hydrogen-bond acceptors (Lipinski definition) is 3. The molecular weight excluding hydrogens is 439 g/mol. The first-order valence-corrected chi connectivity index (χ1v) is 8.99. The summed E-state index contributed by atoms with van der Waals surface area (Å²) in [6, 6.07) is 13.2. The summed E-state index contributed by atoms with van der Waals surface area (Å²) in [5, 5.41) is 6.95. The van der Waals surface area contributed by atoms with Crippen molar-refractivity contribution in [3.05, 3.63) is 53.5 Å². The lowest BCUT2D eigenvalue weighted by atomic mass is 10.0. The molecule has 2 heterocycles. The quantitative estimate of drug-likeness (QED) is 0.407. The van der Waals surface area contributed by atoms with E-state index < -0.39 is 0 Å². The van der Waals surface area contributed by atoms with Gasteiger partial charge >= 0.3 is 0 Å². The average Bonchev–Trinajstić information content (AvgIpc) is 2.97. The highest BCUT2D eigenvalue weighted by atomic mass is 127. The summed E-state index contributed by atoms with van der Waals surface area (Å²) in [5.41, 5.74) is 2.49. The number of hydrogen-bond donors (Lipinski definition) is 2. The van der Waals surface area contributed by atoms with Crippen molar-refractivity contribution in [3.63, 3.8) is 0 Å². The van der Waals surface area contributed by atoms with E-state index in [2.05, 4.69) is 56.9 Å². The van der Waals surface area contributed by atoms with Crippen molar-refractivity contribution in [2.75, 3.05) is 25.0 Å². The third kappa shape index (κ3) is 5.40. The highest BCUT2D eigenvalue weighted by Gasteiger charge is 2.20. The number of rotatable bonds is 4. The molecule has 1 aromatic carbocycles. The van der Waals surface area contributed by atoms with Gasteiger partial charge < -0.3 is 20.0 Å². The largest absolute Gasteiger partial charge is 0.466 e. The number of para-hydroxylation sites is 1. The van der Waals surface area contributed by atoms with Crippen molar-refractivity contribution in [2.24, 2.45) is 4.99 Å². The summed E-state index contributed by atoms with van der Waals surface area (Å²) in [7, 11) is 1.82. The molecule has 2 aromatic rings. The number of benzene rings is 1. The van der Waals surface area contributed by atoms with Gasteiger partial charge in [0.15, 0.2) is 5.96 Å². The topological polar surface area (TPSA) is 52.8 Å². The SMILES string of the molecule is CN=C(NCc1cc(C)oc1C)NC1CCN(c2ccccc2)CC1.I. The Morgan fingerprint density at radius 2 is 1.88 bits per heavy atom. The Kier molecular flexibility index (Phi) is 7.81. The summed E-state index contributed by atoms with van der Waals surface area (Å²) in [5.74, 6) is 2.78. The number of piperidine rings is 1. The number of guanidine groups is 1. The minimum absolute atomic E-state index is 0. The molecule has 1 fully saturated rings. The first kappa shape index (κ1) is 20.6. The molecule has 1 aromatic heterocycles.